The van der Waals surface area contributed by atoms with Gasteiger partial charge in [0.15, 0.2) is 0 Å². The fraction of sp³-hybridized carbons (Fsp3) is 0.286. The third-order valence-corrected chi connectivity index (χ3v) is 2.98. The molecule has 0 bridgehead atoms. The molecule has 0 spiro atoms. The number of alkyl halides is 3. The van der Waals surface area contributed by atoms with Crippen molar-refractivity contribution < 1.29 is 18.3 Å². The topological polar surface area (TPSA) is 66.0 Å². The minimum atomic E-state index is -4.42. The van der Waals surface area contributed by atoms with Gasteiger partial charge < -0.3 is 10.1 Å². The van der Waals surface area contributed by atoms with Crippen LogP contribution < -0.4 is 5.56 Å². The van der Waals surface area contributed by atoms with Gasteiger partial charge in [-0.25, -0.2) is 0 Å². The van der Waals surface area contributed by atoms with Crippen LogP contribution in [0.2, 0.25) is 0 Å². The van der Waals surface area contributed by atoms with Crippen LogP contribution in [-0.4, -0.2) is 15.1 Å². The van der Waals surface area contributed by atoms with Gasteiger partial charge in [0.05, 0.1) is 11.1 Å². The van der Waals surface area contributed by atoms with Gasteiger partial charge in [0, 0.05) is 5.56 Å². The Bertz CT molecular complexity index is 691. The maximum absolute atomic E-state index is 12.5. The molecule has 0 radical (unpaired) electrons. The summed E-state index contributed by atoms with van der Waals surface area (Å²) in [5.74, 6) is -0.360. The summed E-state index contributed by atoms with van der Waals surface area (Å²) in [7, 11) is 0. The number of rotatable bonds is 3. The number of halogens is 3. The molecule has 0 aliphatic carbocycles. The second-order valence-electron chi connectivity index (χ2n) is 4.54. The Morgan fingerprint density at radius 3 is 2.33 bits per heavy atom. The van der Waals surface area contributed by atoms with Crippen LogP contribution in [0.3, 0.4) is 0 Å². The molecule has 2 rings (SSSR count). The van der Waals surface area contributed by atoms with Crippen LogP contribution in [0.1, 0.15) is 24.5 Å². The lowest BCUT2D eigenvalue weighted by atomic mass is 10.1. The largest absolute Gasteiger partial charge is 0.493 e. The van der Waals surface area contributed by atoms with Crippen molar-refractivity contribution in [2.45, 2.75) is 25.9 Å². The molecule has 0 fully saturated rings. The summed E-state index contributed by atoms with van der Waals surface area (Å²) < 4.78 is 37.4. The van der Waals surface area contributed by atoms with Crippen molar-refractivity contribution in [2.24, 2.45) is 0 Å². The highest BCUT2D eigenvalue weighted by Crippen LogP contribution is 2.30. The average molecular weight is 298 g/mol. The first-order valence-electron chi connectivity index (χ1n) is 6.32. The van der Waals surface area contributed by atoms with Gasteiger partial charge in [-0.3, -0.25) is 4.79 Å². The predicted octanol–water partition coefficient (Wildman–Crippen LogP) is 3.11. The second kappa shape index (κ2) is 5.59. The Balaban J connectivity index is 2.41. The van der Waals surface area contributed by atoms with Crippen molar-refractivity contribution in [1.29, 1.82) is 0 Å². The molecule has 7 heteroatoms. The van der Waals surface area contributed by atoms with E-state index in [2.05, 4.69) is 9.97 Å². The number of hydrogen-bond acceptors (Lipinski definition) is 3. The van der Waals surface area contributed by atoms with Gasteiger partial charge in [-0.05, 0) is 18.6 Å². The minimum Gasteiger partial charge on any atom is -0.493 e. The summed E-state index contributed by atoms with van der Waals surface area (Å²) in [6.07, 6.45) is -3.38. The summed E-state index contributed by atoms with van der Waals surface area (Å²) in [5.41, 5.74) is -0.814. The normalized spacial score (nSPS) is 11.6. The van der Waals surface area contributed by atoms with E-state index in [0.29, 0.717) is 18.4 Å². The number of aromatic nitrogens is 2. The quantitative estimate of drug-likeness (QED) is 0.915. The molecule has 1 heterocycles. The maximum atomic E-state index is 12.5. The Morgan fingerprint density at radius 2 is 1.86 bits per heavy atom. The fourth-order valence-corrected chi connectivity index (χ4v) is 1.91. The zero-order valence-corrected chi connectivity index (χ0v) is 11.2. The SMILES string of the molecule is CCCc1c(O)nc(-c2ccc(C(F)(F)F)cc2)[nH]c1=O. The first kappa shape index (κ1) is 15.1. The molecule has 2 aromatic rings. The Hall–Kier alpha value is -2.31. The van der Waals surface area contributed by atoms with E-state index in [4.69, 9.17) is 0 Å². The summed E-state index contributed by atoms with van der Waals surface area (Å²) >= 11 is 0. The molecule has 112 valence electrons. The highest BCUT2D eigenvalue weighted by molar-refractivity contribution is 5.56. The van der Waals surface area contributed by atoms with E-state index in [9.17, 15) is 23.1 Å². The minimum absolute atomic E-state index is 0.0334. The molecule has 0 amide bonds. The summed E-state index contributed by atoms with van der Waals surface area (Å²) in [5, 5.41) is 9.74. The van der Waals surface area contributed by atoms with Crippen LogP contribution in [-0.2, 0) is 12.6 Å². The fourth-order valence-electron chi connectivity index (χ4n) is 1.91. The van der Waals surface area contributed by atoms with Crippen LogP contribution in [0, 0.1) is 0 Å². The van der Waals surface area contributed by atoms with Crippen molar-refractivity contribution in [3.63, 3.8) is 0 Å². The number of nitrogens with one attached hydrogen (secondary N) is 1. The molecule has 0 unspecified atom stereocenters. The molecule has 21 heavy (non-hydrogen) atoms. The standard InChI is InChI=1S/C14H13F3N2O2/c1-2-3-10-12(20)18-11(19-13(10)21)8-4-6-9(7-5-8)14(15,16)17/h4-7H,2-3H2,1H3,(H2,18,19,20,21). The van der Waals surface area contributed by atoms with Gasteiger partial charge in [-0.15, -0.1) is 0 Å². The molecular formula is C14H13F3N2O2. The van der Waals surface area contributed by atoms with Crippen molar-refractivity contribution in [2.75, 3.05) is 0 Å². The van der Waals surface area contributed by atoms with Gasteiger partial charge in [0.2, 0.25) is 5.88 Å². The van der Waals surface area contributed by atoms with Crippen molar-refractivity contribution in [3.8, 4) is 17.3 Å². The zero-order valence-electron chi connectivity index (χ0n) is 11.2. The van der Waals surface area contributed by atoms with Gasteiger partial charge in [-0.1, -0.05) is 25.5 Å². The number of H-pyrrole nitrogens is 1. The summed E-state index contributed by atoms with van der Waals surface area (Å²) in [6.45, 7) is 1.85. The van der Waals surface area contributed by atoms with E-state index in [-0.39, 0.29) is 11.4 Å². The molecule has 0 aliphatic rings. The second-order valence-corrected chi connectivity index (χ2v) is 4.54. The monoisotopic (exact) mass is 298 g/mol. The van der Waals surface area contributed by atoms with Gasteiger partial charge in [0.1, 0.15) is 5.82 Å². The van der Waals surface area contributed by atoms with Crippen molar-refractivity contribution in [3.05, 3.63) is 45.7 Å². The third kappa shape index (κ3) is 3.24. The van der Waals surface area contributed by atoms with Crippen molar-refractivity contribution in [1.82, 2.24) is 9.97 Å². The number of aromatic hydroxyl groups is 1. The number of benzene rings is 1. The first-order chi connectivity index (χ1) is 9.82. The lowest BCUT2D eigenvalue weighted by molar-refractivity contribution is -0.137. The highest BCUT2D eigenvalue weighted by atomic mass is 19.4. The molecule has 0 aliphatic heterocycles. The van der Waals surface area contributed by atoms with E-state index >= 15 is 0 Å². The van der Waals surface area contributed by atoms with Crippen LogP contribution in [0.25, 0.3) is 11.4 Å². The zero-order chi connectivity index (χ0) is 15.6. The van der Waals surface area contributed by atoms with E-state index < -0.39 is 23.2 Å². The molecular weight excluding hydrogens is 285 g/mol. The number of nitrogens with zero attached hydrogens (tertiary/aromatic N) is 1. The van der Waals surface area contributed by atoms with Crippen molar-refractivity contribution >= 4 is 0 Å². The first-order valence-corrected chi connectivity index (χ1v) is 6.32. The van der Waals surface area contributed by atoms with E-state index in [1.54, 1.807) is 0 Å². The molecule has 4 nitrogen and oxygen atoms in total. The maximum Gasteiger partial charge on any atom is 0.416 e. The lowest BCUT2D eigenvalue weighted by Crippen LogP contribution is -2.15. The van der Waals surface area contributed by atoms with Crippen LogP contribution >= 0.6 is 0 Å². The van der Waals surface area contributed by atoms with Gasteiger partial charge in [-0.2, -0.15) is 18.2 Å². The van der Waals surface area contributed by atoms with E-state index in [1.807, 2.05) is 6.92 Å². The number of aromatic amines is 1. The number of hydrogen-bond donors (Lipinski definition) is 2. The molecule has 2 N–H and O–H groups in total. The molecule has 0 saturated carbocycles. The van der Waals surface area contributed by atoms with E-state index in [1.165, 1.54) is 12.1 Å². The molecule has 0 saturated heterocycles. The molecule has 0 atom stereocenters. The summed E-state index contributed by atoms with van der Waals surface area (Å²) in [4.78, 5) is 18.1. The van der Waals surface area contributed by atoms with Crippen LogP contribution in [0.5, 0.6) is 5.88 Å². The van der Waals surface area contributed by atoms with E-state index in [0.717, 1.165) is 12.1 Å². The smallest absolute Gasteiger partial charge is 0.416 e. The van der Waals surface area contributed by atoms with Gasteiger partial charge >= 0.3 is 6.18 Å². The highest BCUT2D eigenvalue weighted by Gasteiger charge is 2.30. The average Bonchev–Trinajstić information content (AvgIpc) is 2.42. The molecule has 1 aromatic carbocycles. The van der Waals surface area contributed by atoms with Crippen LogP contribution in [0.4, 0.5) is 13.2 Å². The lowest BCUT2D eigenvalue weighted by Gasteiger charge is -2.08. The summed E-state index contributed by atoms with van der Waals surface area (Å²) in [6, 6.07) is 4.18. The Morgan fingerprint density at radius 1 is 1.24 bits per heavy atom. The van der Waals surface area contributed by atoms with Crippen LogP contribution in [0.15, 0.2) is 29.1 Å². The Kier molecular flexibility index (Phi) is 4.02. The molecule has 1 aromatic heterocycles. The van der Waals surface area contributed by atoms with Gasteiger partial charge in [0.25, 0.3) is 5.56 Å². The Labute approximate surface area is 118 Å². The predicted molar refractivity (Wildman–Crippen MR) is 71.0 cm³/mol. The third-order valence-electron chi connectivity index (χ3n) is 2.98.